The molecule has 0 aromatic heterocycles. The van der Waals surface area contributed by atoms with E-state index in [9.17, 15) is 4.79 Å². The zero-order chi connectivity index (χ0) is 19.7. The van der Waals surface area contributed by atoms with E-state index in [1.807, 2.05) is 41.3 Å². The van der Waals surface area contributed by atoms with Crippen LogP contribution in [0.15, 0.2) is 48.5 Å². The lowest BCUT2D eigenvalue weighted by atomic mass is 9.88. The Balaban J connectivity index is 1.78. The highest BCUT2D eigenvalue weighted by Crippen LogP contribution is 2.40. The summed E-state index contributed by atoms with van der Waals surface area (Å²) in [5, 5.41) is 0. The third-order valence-corrected chi connectivity index (χ3v) is 5.53. The molecule has 2 aromatic rings. The van der Waals surface area contributed by atoms with Crippen molar-refractivity contribution in [3.8, 4) is 11.5 Å². The molecule has 5 nitrogen and oxygen atoms in total. The fourth-order valence-corrected chi connectivity index (χ4v) is 4.32. The molecular weight excluding hydrogens is 354 g/mol. The maximum absolute atomic E-state index is 12.9. The van der Waals surface area contributed by atoms with Crippen LogP contribution < -0.4 is 9.47 Å². The normalized spacial score (nSPS) is 21.2. The number of ether oxygens (including phenoxy) is 3. The van der Waals surface area contributed by atoms with Gasteiger partial charge in [0.15, 0.2) is 11.5 Å². The van der Waals surface area contributed by atoms with Crippen LogP contribution >= 0.6 is 0 Å². The molecule has 28 heavy (non-hydrogen) atoms. The molecule has 0 aliphatic carbocycles. The Morgan fingerprint density at radius 2 is 1.82 bits per heavy atom. The molecule has 2 aliphatic rings. The van der Waals surface area contributed by atoms with Crippen LogP contribution in [0.4, 0.5) is 0 Å². The van der Waals surface area contributed by atoms with E-state index in [1.54, 1.807) is 6.92 Å². The Hall–Kier alpha value is -2.53. The number of carbonyl (C=O) groups is 1. The van der Waals surface area contributed by atoms with E-state index in [-0.39, 0.29) is 30.4 Å². The SMILES string of the molecule is CC(=O)N([C@@H]1CCOC(C)(C)C1)[C@@H](c1ccccc1)c1ccc2c(c1)OCO2. The molecule has 1 amide bonds. The first kappa shape index (κ1) is 18.8. The molecule has 0 saturated carbocycles. The zero-order valence-corrected chi connectivity index (χ0v) is 16.7. The Bertz CT molecular complexity index is 849. The first-order valence-corrected chi connectivity index (χ1v) is 9.82. The second kappa shape index (κ2) is 7.47. The number of fused-ring (bicyclic) bond motifs is 1. The van der Waals surface area contributed by atoms with Crippen molar-refractivity contribution < 1.29 is 19.0 Å². The Morgan fingerprint density at radius 1 is 1.07 bits per heavy atom. The van der Waals surface area contributed by atoms with Gasteiger partial charge in [-0.3, -0.25) is 4.79 Å². The average Bonchev–Trinajstić information content (AvgIpc) is 3.13. The van der Waals surface area contributed by atoms with Crippen molar-refractivity contribution in [2.24, 2.45) is 0 Å². The van der Waals surface area contributed by atoms with Gasteiger partial charge < -0.3 is 19.1 Å². The summed E-state index contributed by atoms with van der Waals surface area (Å²) in [7, 11) is 0. The zero-order valence-electron chi connectivity index (χ0n) is 16.7. The first-order chi connectivity index (χ1) is 13.4. The number of amides is 1. The lowest BCUT2D eigenvalue weighted by Gasteiger charge is -2.44. The molecule has 1 fully saturated rings. The molecule has 148 valence electrons. The average molecular weight is 381 g/mol. The van der Waals surface area contributed by atoms with Gasteiger partial charge in [-0.25, -0.2) is 0 Å². The maximum Gasteiger partial charge on any atom is 0.231 e. The number of hydrogen-bond acceptors (Lipinski definition) is 4. The summed E-state index contributed by atoms with van der Waals surface area (Å²) in [5.41, 5.74) is 1.86. The molecule has 2 aliphatic heterocycles. The Labute approximate surface area is 166 Å². The summed E-state index contributed by atoms with van der Waals surface area (Å²) in [5.74, 6) is 1.54. The minimum absolute atomic E-state index is 0.0641. The second-order valence-corrected chi connectivity index (χ2v) is 8.11. The molecule has 2 heterocycles. The minimum atomic E-state index is -0.243. The number of benzene rings is 2. The van der Waals surface area contributed by atoms with Gasteiger partial charge in [0.25, 0.3) is 0 Å². The molecular formula is C23H27NO4. The quantitative estimate of drug-likeness (QED) is 0.792. The number of nitrogens with zero attached hydrogens (tertiary/aromatic N) is 1. The van der Waals surface area contributed by atoms with E-state index in [0.29, 0.717) is 6.61 Å². The van der Waals surface area contributed by atoms with Gasteiger partial charge in [-0.1, -0.05) is 36.4 Å². The van der Waals surface area contributed by atoms with Crippen LogP contribution in [-0.4, -0.2) is 35.8 Å². The molecule has 0 bridgehead atoms. The summed E-state index contributed by atoms with van der Waals surface area (Å²) in [4.78, 5) is 14.9. The van der Waals surface area contributed by atoms with Gasteiger partial charge >= 0.3 is 0 Å². The molecule has 0 radical (unpaired) electrons. The van der Waals surface area contributed by atoms with E-state index in [2.05, 4.69) is 26.0 Å². The van der Waals surface area contributed by atoms with Gasteiger partial charge in [-0.2, -0.15) is 0 Å². The van der Waals surface area contributed by atoms with Crippen molar-refractivity contribution in [3.63, 3.8) is 0 Å². The minimum Gasteiger partial charge on any atom is -0.454 e. The predicted octanol–water partition coefficient (Wildman–Crippen LogP) is 4.31. The topological polar surface area (TPSA) is 48.0 Å². The van der Waals surface area contributed by atoms with Crippen LogP contribution in [0.3, 0.4) is 0 Å². The van der Waals surface area contributed by atoms with Gasteiger partial charge in [0, 0.05) is 19.6 Å². The van der Waals surface area contributed by atoms with Crippen molar-refractivity contribution in [3.05, 3.63) is 59.7 Å². The van der Waals surface area contributed by atoms with Crippen molar-refractivity contribution in [2.75, 3.05) is 13.4 Å². The van der Waals surface area contributed by atoms with Crippen LogP contribution in [0.5, 0.6) is 11.5 Å². The number of carbonyl (C=O) groups excluding carboxylic acids is 1. The lowest BCUT2D eigenvalue weighted by molar-refractivity contribution is -0.140. The molecule has 0 unspecified atom stereocenters. The largest absolute Gasteiger partial charge is 0.454 e. The highest BCUT2D eigenvalue weighted by atomic mass is 16.7. The van der Waals surface area contributed by atoms with Crippen molar-refractivity contribution >= 4 is 5.91 Å². The smallest absolute Gasteiger partial charge is 0.231 e. The van der Waals surface area contributed by atoms with Gasteiger partial charge in [0.05, 0.1) is 11.6 Å². The monoisotopic (exact) mass is 381 g/mol. The van der Waals surface area contributed by atoms with Crippen molar-refractivity contribution in [2.45, 2.75) is 51.3 Å². The van der Waals surface area contributed by atoms with Crippen LogP contribution in [0, 0.1) is 0 Å². The standard InChI is InChI=1S/C23H27NO4/c1-16(25)24(19-11-12-28-23(2,3)14-19)22(17-7-5-4-6-8-17)18-9-10-20-21(13-18)27-15-26-20/h4-10,13,19,22H,11-12,14-15H2,1-3H3/t19-,22+/m1/s1. The lowest BCUT2D eigenvalue weighted by Crippen LogP contribution is -2.49. The van der Waals surface area contributed by atoms with Gasteiger partial charge in [0.2, 0.25) is 12.7 Å². The third kappa shape index (κ3) is 3.72. The summed E-state index contributed by atoms with van der Waals surface area (Å²) in [6.45, 7) is 6.74. The fraction of sp³-hybridized carbons (Fsp3) is 0.435. The Morgan fingerprint density at radius 3 is 2.54 bits per heavy atom. The Kier molecular flexibility index (Phi) is 5.02. The molecule has 4 rings (SSSR count). The molecule has 5 heteroatoms. The number of rotatable bonds is 4. The van der Waals surface area contributed by atoms with Gasteiger partial charge in [0.1, 0.15) is 0 Å². The second-order valence-electron chi connectivity index (χ2n) is 8.11. The van der Waals surface area contributed by atoms with Crippen LogP contribution in [0.2, 0.25) is 0 Å². The molecule has 0 N–H and O–H groups in total. The molecule has 2 atom stereocenters. The third-order valence-electron chi connectivity index (χ3n) is 5.53. The van der Waals surface area contributed by atoms with E-state index < -0.39 is 0 Å². The molecule has 1 saturated heterocycles. The first-order valence-electron chi connectivity index (χ1n) is 9.82. The summed E-state index contributed by atoms with van der Waals surface area (Å²) < 4.78 is 17.0. The van der Waals surface area contributed by atoms with Crippen molar-refractivity contribution in [1.82, 2.24) is 4.90 Å². The van der Waals surface area contributed by atoms with Crippen molar-refractivity contribution in [1.29, 1.82) is 0 Å². The summed E-state index contributed by atoms with van der Waals surface area (Å²) in [6.07, 6.45) is 1.64. The molecule has 2 aromatic carbocycles. The fourth-order valence-electron chi connectivity index (χ4n) is 4.32. The highest BCUT2D eigenvalue weighted by Gasteiger charge is 2.38. The van der Waals surface area contributed by atoms with Crippen LogP contribution in [0.1, 0.15) is 50.8 Å². The van der Waals surface area contributed by atoms with Crippen LogP contribution in [-0.2, 0) is 9.53 Å². The van der Waals surface area contributed by atoms with Gasteiger partial charge in [-0.15, -0.1) is 0 Å². The summed E-state index contributed by atoms with van der Waals surface area (Å²) in [6, 6.07) is 16.1. The molecule has 0 spiro atoms. The highest BCUT2D eigenvalue weighted by molar-refractivity contribution is 5.75. The van der Waals surface area contributed by atoms with E-state index in [4.69, 9.17) is 14.2 Å². The summed E-state index contributed by atoms with van der Waals surface area (Å²) >= 11 is 0. The predicted molar refractivity (Wildman–Crippen MR) is 106 cm³/mol. The van der Waals surface area contributed by atoms with Crippen LogP contribution in [0.25, 0.3) is 0 Å². The van der Waals surface area contributed by atoms with E-state index >= 15 is 0 Å². The van der Waals surface area contributed by atoms with Gasteiger partial charge in [-0.05, 0) is 49.9 Å². The maximum atomic E-state index is 12.9. The van der Waals surface area contributed by atoms with E-state index in [1.165, 1.54) is 0 Å². The number of hydrogen-bond donors (Lipinski definition) is 0. The van der Waals surface area contributed by atoms with E-state index in [0.717, 1.165) is 35.5 Å².